The molecule has 0 saturated carbocycles. The molecule has 0 aliphatic rings. The van der Waals surface area contributed by atoms with Gasteiger partial charge in [0.2, 0.25) is 5.91 Å². The summed E-state index contributed by atoms with van der Waals surface area (Å²) in [7, 11) is 1.61. The second kappa shape index (κ2) is 11.3. The van der Waals surface area contributed by atoms with Crippen molar-refractivity contribution < 1.29 is 14.1 Å². The number of nitrogens with zero attached hydrogens (tertiary/aromatic N) is 3. The molecule has 3 aromatic carbocycles. The molecule has 0 unspecified atom stereocenters. The molecule has 0 aliphatic carbocycles. The summed E-state index contributed by atoms with van der Waals surface area (Å²) >= 11 is 0. The van der Waals surface area contributed by atoms with Crippen molar-refractivity contribution in [2.24, 2.45) is 0 Å². The highest BCUT2D eigenvalue weighted by Gasteiger charge is 2.22. The maximum Gasteiger partial charge on any atom is 0.276 e. The first-order chi connectivity index (χ1) is 17.0. The lowest BCUT2D eigenvalue weighted by Crippen LogP contribution is -2.41. The fourth-order valence-corrected chi connectivity index (χ4v) is 3.80. The number of likely N-dealkylation sites (N-methyl/N-ethyl adjacent to an activating group) is 1. The minimum Gasteiger partial charge on any atom is -0.355 e. The Morgan fingerprint density at radius 3 is 2.14 bits per heavy atom. The average Bonchev–Trinajstić information content (AvgIpc) is 3.38. The van der Waals surface area contributed by atoms with Crippen LogP contribution in [0.25, 0.3) is 11.3 Å². The number of hydrogen-bond acceptors (Lipinski definition) is 4. The Labute approximate surface area is 205 Å². The fraction of sp³-hybridized carbons (Fsp3) is 0.207. The lowest BCUT2D eigenvalue weighted by molar-refractivity contribution is -0.132. The van der Waals surface area contributed by atoms with Gasteiger partial charge in [-0.3, -0.25) is 9.59 Å². The molecule has 35 heavy (non-hydrogen) atoms. The molecular formula is C29H29N3O3. The van der Waals surface area contributed by atoms with Crippen LogP contribution in [0.15, 0.2) is 95.5 Å². The van der Waals surface area contributed by atoms with E-state index in [1.165, 1.54) is 4.90 Å². The lowest BCUT2D eigenvalue weighted by Gasteiger charge is -2.25. The van der Waals surface area contributed by atoms with Crippen LogP contribution < -0.4 is 0 Å². The summed E-state index contributed by atoms with van der Waals surface area (Å²) in [6.07, 6.45) is 0.736. The standard InChI is InChI=1S/C29H29N3O3/c1-22-13-15-25(16-14-22)27-19-26(30-35-27)29(34)31(2)21-28(33)32(20-24-11-7-4-8-12-24)18-17-23-9-5-3-6-10-23/h3-16,19H,17-18,20-21H2,1-2H3. The van der Waals surface area contributed by atoms with Gasteiger partial charge < -0.3 is 14.3 Å². The van der Waals surface area contributed by atoms with E-state index < -0.39 is 0 Å². The van der Waals surface area contributed by atoms with Gasteiger partial charge in [-0.15, -0.1) is 0 Å². The van der Waals surface area contributed by atoms with Crippen LogP contribution in [-0.4, -0.2) is 46.9 Å². The SMILES string of the molecule is Cc1ccc(-c2cc(C(=O)N(C)CC(=O)N(CCc3ccccc3)Cc3ccccc3)no2)cc1. The summed E-state index contributed by atoms with van der Waals surface area (Å²) in [6.45, 7) is 3.00. The van der Waals surface area contributed by atoms with Crippen LogP contribution >= 0.6 is 0 Å². The van der Waals surface area contributed by atoms with E-state index in [0.717, 1.165) is 28.7 Å². The average molecular weight is 468 g/mol. The number of benzene rings is 3. The summed E-state index contributed by atoms with van der Waals surface area (Å²) in [5.74, 6) is 0.0349. The molecule has 1 aromatic heterocycles. The molecule has 0 spiro atoms. The molecule has 0 atom stereocenters. The van der Waals surface area contributed by atoms with E-state index in [4.69, 9.17) is 4.52 Å². The van der Waals surface area contributed by atoms with E-state index in [0.29, 0.717) is 18.8 Å². The maximum atomic E-state index is 13.3. The smallest absolute Gasteiger partial charge is 0.276 e. The largest absolute Gasteiger partial charge is 0.355 e. The van der Waals surface area contributed by atoms with Crippen molar-refractivity contribution in [2.45, 2.75) is 19.9 Å². The first kappa shape index (κ1) is 24.0. The van der Waals surface area contributed by atoms with Gasteiger partial charge in [0.25, 0.3) is 5.91 Å². The molecule has 4 rings (SSSR count). The van der Waals surface area contributed by atoms with Crippen LogP contribution in [0.2, 0.25) is 0 Å². The van der Waals surface area contributed by atoms with Gasteiger partial charge in [-0.1, -0.05) is 95.6 Å². The number of aromatic nitrogens is 1. The first-order valence-corrected chi connectivity index (χ1v) is 11.6. The molecule has 4 aromatic rings. The third kappa shape index (κ3) is 6.44. The molecular weight excluding hydrogens is 438 g/mol. The van der Waals surface area contributed by atoms with E-state index in [9.17, 15) is 9.59 Å². The van der Waals surface area contributed by atoms with Crippen LogP contribution in [0.1, 0.15) is 27.2 Å². The number of rotatable bonds is 9. The summed E-state index contributed by atoms with van der Waals surface area (Å²) in [5, 5.41) is 3.94. The highest BCUT2D eigenvalue weighted by molar-refractivity contribution is 5.95. The summed E-state index contributed by atoms with van der Waals surface area (Å²) < 4.78 is 5.39. The van der Waals surface area contributed by atoms with Crippen LogP contribution in [-0.2, 0) is 17.8 Å². The zero-order valence-electron chi connectivity index (χ0n) is 20.1. The second-order valence-corrected chi connectivity index (χ2v) is 8.64. The summed E-state index contributed by atoms with van der Waals surface area (Å²) in [6, 6.07) is 29.3. The van der Waals surface area contributed by atoms with Crippen LogP contribution in [0.4, 0.5) is 0 Å². The van der Waals surface area contributed by atoms with Crippen molar-refractivity contribution >= 4 is 11.8 Å². The van der Waals surface area contributed by atoms with Gasteiger partial charge in [0, 0.05) is 31.8 Å². The van der Waals surface area contributed by atoms with Gasteiger partial charge in [-0.2, -0.15) is 0 Å². The molecule has 0 aliphatic heterocycles. The Morgan fingerprint density at radius 1 is 0.857 bits per heavy atom. The molecule has 6 nitrogen and oxygen atoms in total. The Bertz CT molecular complexity index is 1250. The van der Waals surface area contributed by atoms with Crippen LogP contribution in [0, 0.1) is 6.92 Å². The number of carbonyl (C=O) groups is 2. The molecule has 0 radical (unpaired) electrons. The predicted molar refractivity (Wildman–Crippen MR) is 136 cm³/mol. The van der Waals surface area contributed by atoms with E-state index in [1.807, 2.05) is 79.7 Å². The number of amides is 2. The topological polar surface area (TPSA) is 66.7 Å². The fourth-order valence-electron chi connectivity index (χ4n) is 3.80. The predicted octanol–water partition coefficient (Wildman–Crippen LogP) is 4.99. The van der Waals surface area contributed by atoms with Crippen molar-refractivity contribution in [3.05, 3.63) is 113 Å². The van der Waals surface area contributed by atoms with Gasteiger partial charge in [0.1, 0.15) is 0 Å². The second-order valence-electron chi connectivity index (χ2n) is 8.64. The Hall–Kier alpha value is -4.19. The molecule has 0 N–H and O–H groups in total. The maximum absolute atomic E-state index is 13.3. The molecule has 2 amide bonds. The number of aryl methyl sites for hydroxylation is 1. The minimum absolute atomic E-state index is 0.0484. The van der Waals surface area contributed by atoms with E-state index in [2.05, 4.69) is 17.3 Å². The van der Waals surface area contributed by atoms with Gasteiger partial charge in [0.15, 0.2) is 11.5 Å². The molecule has 1 heterocycles. The van der Waals surface area contributed by atoms with Crippen molar-refractivity contribution in [3.8, 4) is 11.3 Å². The molecule has 0 bridgehead atoms. The van der Waals surface area contributed by atoms with Gasteiger partial charge in [-0.25, -0.2) is 0 Å². The van der Waals surface area contributed by atoms with Crippen molar-refractivity contribution in [2.75, 3.05) is 20.1 Å². The Kier molecular flexibility index (Phi) is 7.73. The number of hydrogen-bond donors (Lipinski definition) is 0. The third-order valence-electron chi connectivity index (χ3n) is 5.87. The minimum atomic E-state index is -0.358. The van der Waals surface area contributed by atoms with E-state index in [-0.39, 0.29) is 24.1 Å². The first-order valence-electron chi connectivity index (χ1n) is 11.6. The van der Waals surface area contributed by atoms with Crippen LogP contribution in [0.3, 0.4) is 0 Å². The molecule has 0 saturated heterocycles. The summed E-state index contributed by atoms with van der Waals surface area (Å²) in [4.78, 5) is 29.4. The lowest BCUT2D eigenvalue weighted by atomic mass is 10.1. The highest BCUT2D eigenvalue weighted by Crippen LogP contribution is 2.21. The van der Waals surface area contributed by atoms with E-state index in [1.54, 1.807) is 18.0 Å². The van der Waals surface area contributed by atoms with Crippen molar-refractivity contribution in [1.29, 1.82) is 0 Å². The number of carbonyl (C=O) groups excluding carboxylic acids is 2. The zero-order chi connectivity index (χ0) is 24.6. The zero-order valence-corrected chi connectivity index (χ0v) is 20.1. The molecule has 6 heteroatoms. The van der Waals surface area contributed by atoms with Crippen molar-refractivity contribution in [1.82, 2.24) is 15.0 Å². The summed E-state index contributed by atoms with van der Waals surface area (Å²) in [5.41, 5.74) is 4.36. The normalized spacial score (nSPS) is 10.7. The quantitative estimate of drug-likeness (QED) is 0.348. The van der Waals surface area contributed by atoms with Crippen molar-refractivity contribution in [3.63, 3.8) is 0 Å². The van der Waals surface area contributed by atoms with Gasteiger partial charge in [-0.05, 0) is 24.5 Å². The third-order valence-corrected chi connectivity index (χ3v) is 5.87. The van der Waals surface area contributed by atoms with Gasteiger partial charge in [0.05, 0.1) is 6.54 Å². The van der Waals surface area contributed by atoms with Crippen LogP contribution in [0.5, 0.6) is 0 Å². The van der Waals surface area contributed by atoms with E-state index >= 15 is 0 Å². The molecule has 178 valence electrons. The Morgan fingerprint density at radius 2 is 1.49 bits per heavy atom. The Balaban J connectivity index is 1.43. The highest BCUT2D eigenvalue weighted by atomic mass is 16.5. The molecule has 0 fully saturated rings. The van der Waals surface area contributed by atoms with Gasteiger partial charge >= 0.3 is 0 Å². The monoisotopic (exact) mass is 467 g/mol.